The largest absolute Gasteiger partial charge is 0.381 e. The fourth-order valence-electron chi connectivity index (χ4n) is 3.94. The first kappa shape index (κ1) is 19.6. The minimum Gasteiger partial charge on any atom is -0.381 e. The lowest BCUT2D eigenvalue weighted by atomic mass is 9.90. The maximum atomic E-state index is 15.4. The molecular weight excluding hydrogens is 399 g/mol. The van der Waals surface area contributed by atoms with Gasteiger partial charge < -0.3 is 14.5 Å². The van der Waals surface area contributed by atoms with Gasteiger partial charge in [0.05, 0.1) is 36.4 Å². The predicted molar refractivity (Wildman–Crippen MR) is 114 cm³/mol. The van der Waals surface area contributed by atoms with Crippen LogP contribution in [0.15, 0.2) is 24.8 Å². The monoisotopic (exact) mass is 422 g/mol. The molecule has 2 aliphatic rings. The van der Waals surface area contributed by atoms with Gasteiger partial charge in [-0.2, -0.15) is 5.10 Å². The molecule has 160 valence electrons. The zero-order chi connectivity index (χ0) is 21.4. The maximum absolute atomic E-state index is 15.4. The topological polar surface area (TPSA) is 97.2 Å². The Labute approximate surface area is 177 Å². The Morgan fingerprint density at radius 2 is 2.13 bits per heavy atom. The maximum Gasteiger partial charge on any atom is 0.212 e. The van der Waals surface area contributed by atoms with Crippen LogP contribution in [0.5, 0.6) is 0 Å². The molecule has 6 rings (SSSR count). The van der Waals surface area contributed by atoms with Crippen molar-refractivity contribution >= 4 is 28.8 Å². The summed E-state index contributed by atoms with van der Waals surface area (Å²) in [6.45, 7) is 2.90. The zero-order valence-corrected chi connectivity index (χ0v) is 17.2. The fraction of sp³-hybridized carbons (Fsp3) is 0.364. The van der Waals surface area contributed by atoms with Crippen molar-refractivity contribution in [2.24, 2.45) is 0 Å². The Bertz CT molecular complexity index is 1250. The number of halogens is 1. The van der Waals surface area contributed by atoms with Gasteiger partial charge in [-0.1, -0.05) is 19.3 Å². The van der Waals surface area contributed by atoms with Gasteiger partial charge in [0.15, 0.2) is 11.5 Å². The number of aromatic amines is 1. The number of carbonyl (C=O) groups is 1. The van der Waals surface area contributed by atoms with Gasteiger partial charge in [0.1, 0.15) is 5.82 Å². The number of rotatable bonds is 4. The molecular formula is C22H23FN6O2. The highest BCUT2D eigenvalue weighted by Gasteiger charge is 2.28. The summed E-state index contributed by atoms with van der Waals surface area (Å²) in [7, 11) is 0. The molecule has 31 heavy (non-hydrogen) atoms. The molecule has 1 atom stereocenters. The van der Waals surface area contributed by atoms with Crippen LogP contribution in [0.3, 0.4) is 0 Å². The molecule has 0 bridgehead atoms. The number of hydrogen-bond donors (Lipinski definition) is 2. The second kappa shape index (κ2) is 8.07. The molecule has 1 saturated carbocycles. The van der Waals surface area contributed by atoms with Gasteiger partial charge in [0.2, 0.25) is 6.41 Å². The highest BCUT2D eigenvalue weighted by molar-refractivity contribution is 5.97. The van der Waals surface area contributed by atoms with E-state index in [4.69, 9.17) is 4.74 Å². The van der Waals surface area contributed by atoms with Crippen molar-refractivity contribution in [2.75, 3.05) is 18.5 Å². The number of ether oxygens (including phenoxy) is 1. The number of carbonyl (C=O) groups excluding carboxylic acids is 1. The Morgan fingerprint density at radius 1 is 1.29 bits per heavy atom. The number of nitrogens with one attached hydrogen (secondary N) is 2. The van der Waals surface area contributed by atoms with Crippen LogP contribution in [0.25, 0.3) is 27.8 Å². The average Bonchev–Trinajstić information content (AvgIpc) is 3.24. The first-order valence-electron chi connectivity index (χ1n) is 10.5. The average molecular weight is 422 g/mol. The summed E-state index contributed by atoms with van der Waals surface area (Å²) in [6, 6.07) is 0. The number of fused-ring (bicyclic) bond motifs is 2. The molecule has 1 amide bonds. The van der Waals surface area contributed by atoms with E-state index in [-0.39, 0.29) is 11.7 Å². The third kappa shape index (κ3) is 3.65. The summed E-state index contributed by atoms with van der Waals surface area (Å²) in [6.07, 6.45) is 12.6. The molecule has 8 nitrogen and oxygen atoms in total. The number of amides is 1. The van der Waals surface area contributed by atoms with Gasteiger partial charge in [-0.05, 0) is 18.9 Å². The number of aromatic nitrogens is 5. The smallest absolute Gasteiger partial charge is 0.212 e. The Hall–Kier alpha value is -3.33. The summed E-state index contributed by atoms with van der Waals surface area (Å²) in [4.78, 5) is 19.4. The molecule has 1 aliphatic carbocycles. The van der Waals surface area contributed by atoms with Crippen LogP contribution in [0, 0.1) is 12.7 Å². The number of nitrogens with zero attached hydrogens (tertiary/aromatic N) is 4. The van der Waals surface area contributed by atoms with Gasteiger partial charge in [-0.3, -0.25) is 14.9 Å². The van der Waals surface area contributed by atoms with Crippen molar-refractivity contribution in [2.45, 2.75) is 38.5 Å². The zero-order valence-electron chi connectivity index (χ0n) is 17.2. The van der Waals surface area contributed by atoms with Crippen LogP contribution in [-0.2, 0) is 9.53 Å². The first-order chi connectivity index (χ1) is 15.2. The molecule has 1 unspecified atom stereocenters. The molecule has 1 saturated heterocycles. The van der Waals surface area contributed by atoms with Crippen molar-refractivity contribution < 1.29 is 13.9 Å². The number of hydrogen-bond acceptors (Lipinski definition) is 5. The van der Waals surface area contributed by atoms with E-state index >= 15 is 4.39 Å². The molecule has 1 aromatic carbocycles. The molecule has 9 heteroatoms. The third-order valence-corrected chi connectivity index (χ3v) is 5.61. The van der Waals surface area contributed by atoms with Crippen molar-refractivity contribution in [1.82, 2.24) is 24.6 Å². The van der Waals surface area contributed by atoms with Gasteiger partial charge in [0.25, 0.3) is 0 Å². The molecule has 0 radical (unpaired) electrons. The van der Waals surface area contributed by atoms with Crippen LogP contribution in [0.1, 0.15) is 42.7 Å². The van der Waals surface area contributed by atoms with Crippen molar-refractivity contribution in [1.29, 1.82) is 0 Å². The fourth-order valence-corrected chi connectivity index (χ4v) is 3.94. The molecule has 3 aromatic heterocycles. The summed E-state index contributed by atoms with van der Waals surface area (Å²) >= 11 is 0. The Balaban J connectivity index is 0.000000628. The normalized spacial score (nSPS) is 17.5. The summed E-state index contributed by atoms with van der Waals surface area (Å²) in [5, 5.41) is 10.5. The molecule has 2 N–H and O–H groups in total. The van der Waals surface area contributed by atoms with Crippen LogP contribution >= 0.6 is 0 Å². The molecule has 1 aliphatic heterocycles. The van der Waals surface area contributed by atoms with E-state index in [1.807, 2.05) is 0 Å². The van der Waals surface area contributed by atoms with Crippen molar-refractivity contribution in [3.05, 3.63) is 41.7 Å². The first-order valence-corrected chi connectivity index (χ1v) is 10.5. The van der Waals surface area contributed by atoms with Crippen LogP contribution in [-0.4, -0.2) is 44.2 Å². The molecule has 4 heterocycles. The lowest BCUT2D eigenvalue weighted by Crippen LogP contribution is -2.06. The van der Waals surface area contributed by atoms with Crippen molar-refractivity contribution in [3.63, 3.8) is 0 Å². The van der Waals surface area contributed by atoms with E-state index in [1.54, 1.807) is 36.1 Å². The summed E-state index contributed by atoms with van der Waals surface area (Å²) in [5.74, 6) is 0.178. The molecule has 2 fully saturated rings. The second-order valence-corrected chi connectivity index (χ2v) is 7.93. The van der Waals surface area contributed by atoms with Gasteiger partial charge in [-0.15, -0.1) is 0 Å². The lowest BCUT2D eigenvalue weighted by Gasteiger charge is -2.16. The van der Waals surface area contributed by atoms with Crippen LogP contribution in [0.2, 0.25) is 0 Å². The van der Waals surface area contributed by atoms with E-state index in [9.17, 15) is 4.79 Å². The van der Waals surface area contributed by atoms with E-state index in [0.717, 1.165) is 11.8 Å². The van der Waals surface area contributed by atoms with Crippen LogP contribution in [0.4, 0.5) is 10.2 Å². The highest BCUT2D eigenvalue weighted by atomic mass is 19.1. The second-order valence-electron chi connectivity index (χ2n) is 7.93. The Morgan fingerprint density at radius 3 is 2.84 bits per heavy atom. The number of H-pyrrole nitrogens is 1. The standard InChI is InChI=1S/C19H17FN6O2.C3H6/c1-10-16(13-6-26-7-14(22-9-27)24-15(26)5-21-13)12-4-23-25-19(12)17(18(10)20)11-2-3-28-8-11;1-2-3-1/h4-7,9,11H,2-3,8H2,1H3,(H,22,27)(H,23,25);1-3H2. The summed E-state index contributed by atoms with van der Waals surface area (Å²) in [5.41, 5.74) is 3.70. The van der Waals surface area contributed by atoms with E-state index < -0.39 is 0 Å². The van der Waals surface area contributed by atoms with Crippen LogP contribution < -0.4 is 5.32 Å². The summed E-state index contributed by atoms with van der Waals surface area (Å²) < 4.78 is 22.6. The predicted octanol–water partition coefficient (Wildman–Crippen LogP) is 3.96. The van der Waals surface area contributed by atoms with Crippen molar-refractivity contribution in [3.8, 4) is 11.3 Å². The van der Waals surface area contributed by atoms with Gasteiger partial charge >= 0.3 is 0 Å². The van der Waals surface area contributed by atoms with E-state index in [1.165, 1.54) is 19.3 Å². The SMILES string of the molecule is C1CC1.Cc1c(F)c(C2CCOC2)c2[nH]ncc2c1-c1cn2cc(NC=O)nc2cn1. The minimum atomic E-state index is -0.252. The molecule has 4 aromatic rings. The minimum absolute atomic E-state index is 0.0109. The Kier molecular flexibility index (Phi) is 5.11. The highest BCUT2D eigenvalue weighted by Crippen LogP contribution is 2.39. The number of imidazole rings is 1. The quantitative estimate of drug-likeness (QED) is 0.485. The van der Waals surface area contributed by atoms with E-state index in [2.05, 4.69) is 25.5 Å². The van der Waals surface area contributed by atoms with Gasteiger partial charge in [-0.25, -0.2) is 9.37 Å². The molecule has 0 spiro atoms. The lowest BCUT2D eigenvalue weighted by molar-refractivity contribution is -0.105. The number of anilines is 1. The van der Waals surface area contributed by atoms with E-state index in [0.29, 0.717) is 59.0 Å². The van der Waals surface area contributed by atoms with Gasteiger partial charge in [0, 0.05) is 35.2 Å². The number of benzene rings is 1. The third-order valence-electron chi connectivity index (χ3n) is 5.61.